The van der Waals surface area contributed by atoms with E-state index in [0.717, 1.165) is 37.0 Å². The fourth-order valence-corrected chi connectivity index (χ4v) is 5.53. The quantitative estimate of drug-likeness (QED) is 0.851. The minimum absolute atomic E-state index is 0.121. The van der Waals surface area contributed by atoms with Crippen molar-refractivity contribution in [1.82, 2.24) is 5.32 Å². The molecule has 5 rings (SSSR count). The van der Waals surface area contributed by atoms with Crippen molar-refractivity contribution in [1.29, 1.82) is 0 Å². The zero-order valence-corrected chi connectivity index (χ0v) is 14.5. The normalized spacial score (nSPS) is 33.8. The van der Waals surface area contributed by atoms with Crippen LogP contribution in [-0.2, 0) is 9.53 Å². The first-order valence-corrected chi connectivity index (χ1v) is 9.22. The lowest BCUT2D eigenvalue weighted by Gasteiger charge is -2.57. The highest BCUT2D eigenvalue weighted by Gasteiger charge is 2.51. The van der Waals surface area contributed by atoms with E-state index in [0.29, 0.717) is 0 Å². The summed E-state index contributed by atoms with van der Waals surface area (Å²) < 4.78 is 18.9. The van der Waals surface area contributed by atoms with Gasteiger partial charge in [0.25, 0.3) is 5.91 Å². The van der Waals surface area contributed by atoms with Gasteiger partial charge < -0.3 is 10.1 Å². The third-order valence-corrected chi connectivity index (χ3v) is 6.17. The van der Waals surface area contributed by atoms with Gasteiger partial charge in [-0.1, -0.05) is 12.1 Å². The molecule has 0 heterocycles. The number of carbonyl (C=O) groups excluding carboxylic acids is 2. The third kappa shape index (κ3) is 3.16. The molecule has 0 radical (unpaired) electrons. The highest BCUT2D eigenvalue weighted by Crippen LogP contribution is 2.55. The Balaban J connectivity index is 1.40. The van der Waals surface area contributed by atoms with E-state index < -0.39 is 17.9 Å². The number of hydrogen-bond acceptors (Lipinski definition) is 3. The molecule has 5 heteroatoms. The Morgan fingerprint density at radius 3 is 2.24 bits per heavy atom. The van der Waals surface area contributed by atoms with Crippen molar-refractivity contribution in [2.24, 2.45) is 17.8 Å². The van der Waals surface area contributed by atoms with Crippen molar-refractivity contribution in [3.8, 4) is 0 Å². The summed E-state index contributed by atoms with van der Waals surface area (Å²) in [5.41, 5.74) is -0.262. The molecule has 4 aliphatic rings. The Kier molecular flexibility index (Phi) is 4.05. The van der Waals surface area contributed by atoms with Gasteiger partial charge in [0, 0.05) is 5.54 Å². The molecule has 1 N–H and O–H groups in total. The molecule has 0 aromatic heterocycles. The van der Waals surface area contributed by atoms with Crippen molar-refractivity contribution in [2.75, 3.05) is 0 Å². The number of halogens is 1. The molecule has 134 valence electrons. The van der Waals surface area contributed by atoms with Gasteiger partial charge in [-0.2, -0.15) is 0 Å². The molecule has 4 saturated carbocycles. The van der Waals surface area contributed by atoms with Crippen molar-refractivity contribution in [2.45, 2.75) is 57.1 Å². The summed E-state index contributed by atoms with van der Waals surface area (Å²) in [4.78, 5) is 24.7. The highest BCUT2D eigenvalue weighted by molar-refractivity contribution is 5.92. The second-order valence-electron chi connectivity index (χ2n) is 8.21. The summed E-state index contributed by atoms with van der Waals surface area (Å²) in [6.07, 6.45) is 6.09. The van der Waals surface area contributed by atoms with Crippen LogP contribution < -0.4 is 5.32 Å². The number of hydrogen-bond donors (Lipinski definition) is 1. The first kappa shape index (κ1) is 16.6. The van der Waals surface area contributed by atoms with Crippen LogP contribution in [0.5, 0.6) is 0 Å². The lowest BCUT2D eigenvalue weighted by molar-refractivity contribution is -0.134. The SMILES string of the molecule is C[C@@H](OC(=O)c1ccccc1F)C(=O)NC12CC3CC(CC(C3)C1)C2. The summed E-state index contributed by atoms with van der Waals surface area (Å²) in [7, 11) is 0. The van der Waals surface area contributed by atoms with Gasteiger partial charge in [0.1, 0.15) is 5.82 Å². The van der Waals surface area contributed by atoms with Gasteiger partial charge >= 0.3 is 5.97 Å². The molecule has 0 aliphatic heterocycles. The van der Waals surface area contributed by atoms with Crippen LogP contribution in [0, 0.1) is 23.6 Å². The molecular weight excluding hydrogens is 321 g/mol. The molecule has 1 atom stereocenters. The summed E-state index contributed by atoms with van der Waals surface area (Å²) in [6.45, 7) is 1.55. The smallest absolute Gasteiger partial charge is 0.341 e. The van der Waals surface area contributed by atoms with Crippen LogP contribution in [0.4, 0.5) is 4.39 Å². The first-order chi connectivity index (χ1) is 11.9. The lowest BCUT2D eigenvalue weighted by Crippen LogP contribution is -2.61. The fraction of sp³-hybridized carbons (Fsp3) is 0.600. The molecule has 25 heavy (non-hydrogen) atoms. The monoisotopic (exact) mass is 345 g/mol. The predicted octanol–water partition coefficient (Wildman–Crippen LogP) is 3.46. The van der Waals surface area contributed by atoms with Gasteiger partial charge in [-0.25, -0.2) is 9.18 Å². The molecule has 4 bridgehead atoms. The second kappa shape index (κ2) is 6.11. The van der Waals surface area contributed by atoms with Gasteiger partial charge in [-0.15, -0.1) is 0 Å². The van der Waals surface area contributed by atoms with E-state index in [4.69, 9.17) is 4.74 Å². The van der Waals surface area contributed by atoms with Crippen molar-refractivity contribution in [3.05, 3.63) is 35.6 Å². The summed E-state index contributed by atoms with van der Waals surface area (Å²) in [5, 5.41) is 3.19. The maximum Gasteiger partial charge on any atom is 0.341 e. The van der Waals surface area contributed by atoms with E-state index in [1.165, 1.54) is 37.5 Å². The maximum atomic E-state index is 13.7. The van der Waals surface area contributed by atoms with Crippen LogP contribution in [0.3, 0.4) is 0 Å². The van der Waals surface area contributed by atoms with Gasteiger partial charge in [-0.3, -0.25) is 4.79 Å². The van der Waals surface area contributed by atoms with E-state index >= 15 is 0 Å². The molecule has 0 spiro atoms. The van der Waals surface area contributed by atoms with Crippen molar-refractivity contribution in [3.63, 3.8) is 0 Å². The molecule has 1 aromatic rings. The molecular formula is C20H24FNO3. The molecule has 4 aliphatic carbocycles. The van der Waals surface area contributed by atoms with Crippen LogP contribution in [0.15, 0.2) is 24.3 Å². The number of benzene rings is 1. The van der Waals surface area contributed by atoms with Crippen molar-refractivity contribution < 1.29 is 18.7 Å². The topological polar surface area (TPSA) is 55.4 Å². The summed E-state index contributed by atoms with van der Waals surface area (Å²) >= 11 is 0. The largest absolute Gasteiger partial charge is 0.449 e. The van der Waals surface area contributed by atoms with Crippen LogP contribution >= 0.6 is 0 Å². The number of rotatable bonds is 4. The van der Waals surface area contributed by atoms with E-state index in [-0.39, 0.29) is 17.0 Å². The number of nitrogens with one attached hydrogen (secondary N) is 1. The Hall–Kier alpha value is -1.91. The van der Waals surface area contributed by atoms with E-state index in [9.17, 15) is 14.0 Å². The molecule has 0 saturated heterocycles. The van der Waals surface area contributed by atoms with Crippen LogP contribution in [-0.4, -0.2) is 23.5 Å². The number of ether oxygens (including phenoxy) is 1. The predicted molar refractivity (Wildman–Crippen MR) is 90.3 cm³/mol. The minimum Gasteiger partial charge on any atom is -0.449 e. The average molecular weight is 345 g/mol. The average Bonchev–Trinajstić information content (AvgIpc) is 2.53. The van der Waals surface area contributed by atoms with E-state index in [1.54, 1.807) is 13.0 Å². The minimum atomic E-state index is -0.930. The van der Waals surface area contributed by atoms with Gasteiger partial charge in [-0.05, 0) is 75.3 Å². The molecule has 1 amide bonds. The maximum absolute atomic E-state index is 13.7. The Bertz CT molecular complexity index is 667. The Labute approximate surface area is 147 Å². The Morgan fingerprint density at radius 2 is 1.68 bits per heavy atom. The van der Waals surface area contributed by atoms with Crippen LogP contribution in [0.2, 0.25) is 0 Å². The number of esters is 1. The fourth-order valence-electron chi connectivity index (χ4n) is 5.53. The lowest BCUT2D eigenvalue weighted by atomic mass is 9.53. The molecule has 4 fully saturated rings. The number of amides is 1. The standard InChI is InChI=1S/C20H24FNO3/c1-12(25-19(24)16-4-2-3-5-17(16)21)18(23)22-20-9-13-6-14(10-20)8-15(7-13)11-20/h2-5,12-15H,6-11H2,1H3,(H,22,23)/t12-,13?,14?,15?,20?/m1/s1. The van der Waals surface area contributed by atoms with Crippen molar-refractivity contribution >= 4 is 11.9 Å². The zero-order chi connectivity index (χ0) is 17.6. The first-order valence-electron chi connectivity index (χ1n) is 9.22. The van der Waals surface area contributed by atoms with E-state index in [1.807, 2.05) is 0 Å². The molecule has 1 aromatic carbocycles. The number of carbonyl (C=O) groups is 2. The highest BCUT2D eigenvalue weighted by atomic mass is 19.1. The third-order valence-electron chi connectivity index (χ3n) is 6.17. The molecule has 0 unspecified atom stereocenters. The second-order valence-corrected chi connectivity index (χ2v) is 8.21. The zero-order valence-electron chi connectivity index (χ0n) is 14.5. The van der Waals surface area contributed by atoms with E-state index in [2.05, 4.69) is 5.32 Å². The summed E-state index contributed by atoms with van der Waals surface area (Å²) in [6, 6.07) is 5.65. The van der Waals surface area contributed by atoms with Gasteiger partial charge in [0.2, 0.25) is 0 Å². The Morgan fingerprint density at radius 1 is 1.12 bits per heavy atom. The van der Waals surface area contributed by atoms with Gasteiger partial charge in [0.15, 0.2) is 6.10 Å². The van der Waals surface area contributed by atoms with Crippen LogP contribution in [0.25, 0.3) is 0 Å². The van der Waals surface area contributed by atoms with Gasteiger partial charge in [0.05, 0.1) is 5.56 Å². The summed E-state index contributed by atoms with van der Waals surface area (Å²) in [5.74, 6) is 0.465. The molecule has 4 nitrogen and oxygen atoms in total. The van der Waals surface area contributed by atoms with Crippen LogP contribution in [0.1, 0.15) is 55.8 Å².